The fraction of sp³-hybridized carbons (Fsp3) is 0.0488. The van der Waals surface area contributed by atoms with Gasteiger partial charge >= 0.3 is 0 Å². The molecule has 0 saturated heterocycles. The molecule has 378 valence electrons. The van der Waals surface area contributed by atoms with Gasteiger partial charge in [-0.05, 0) is 224 Å². The molecule has 0 bridgehead atoms. The largest absolute Gasteiger partial charge is 0.0616 e. The van der Waals surface area contributed by atoms with Crippen LogP contribution in [0.1, 0.15) is 22.3 Å². The summed E-state index contributed by atoms with van der Waals surface area (Å²) in [5.41, 5.74) is 26.0. The average Bonchev–Trinajstić information content (AvgIpc) is 1.67. The minimum atomic E-state index is 1.26. The molecule has 82 heavy (non-hydrogen) atoms. The van der Waals surface area contributed by atoms with Crippen LogP contribution in [0.5, 0.6) is 0 Å². The number of hydrogen-bond acceptors (Lipinski definition) is 0. The van der Waals surface area contributed by atoms with E-state index in [1.165, 1.54) is 219 Å². The third kappa shape index (κ3) is 5.57. The summed E-state index contributed by atoms with van der Waals surface area (Å²) in [6, 6.07) is 89.2. The standard InChI is InChI=1S/C82H50/c1-43-15-9-19-47(39-43)67-51-23-5-7-25-53(51)69(49-21-11-17-45(3)41-49)81-65-37-35-61-73-57(31-33-63(77(65)73)79(67)81)55-27-13-30-60-71(55)75(61)59-29-14-28-56-58-32-34-64-78-66(38-36-62(74(58)78)76(60)72(56)59)82-70(50-22-12-18-46(4)42-50)54-26-8-6-24-52(54)68(80(64)82)48-20-10-16-44(2)40-48/h5-42H,1-4H3. The monoisotopic (exact) mass is 1030 g/mol. The summed E-state index contributed by atoms with van der Waals surface area (Å²) in [6.45, 7) is 8.89. The van der Waals surface area contributed by atoms with E-state index in [1.54, 1.807) is 0 Å². The fourth-order valence-corrected chi connectivity index (χ4v) is 16.4. The molecule has 0 aromatic heterocycles. The number of fused-ring (bicyclic) bond motifs is 14. The smallest absolute Gasteiger partial charge is 0.000740 e. The second kappa shape index (κ2) is 15.8. The molecule has 0 atom stereocenters. The fourth-order valence-electron chi connectivity index (χ4n) is 16.4. The van der Waals surface area contributed by atoms with Gasteiger partial charge in [-0.25, -0.2) is 0 Å². The topological polar surface area (TPSA) is 0 Å². The van der Waals surface area contributed by atoms with Crippen LogP contribution in [0.4, 0.5) is 0 Å². The Kier molecular flexibility index (Phi) is 8.62. The van der Waals surface area contributed by atoms with Crippen LogP contribution in [0.3, 0.4) is 0 Å². The Morgan fingerprint density at radius 2 is 0.378 bits per heavy atom. The van der Waals surface area contributed by atoms with Gasteiger partial charge in [0.05, 0.1) is 0 Å². The van der Waals surface area contributed by atoms with Gasteiger partial charge in [-0.15, -0.1) is 0 Å². The Morgan fingerprint density at radius 3 is 0.683 bits per heavy atom. The number of hydrogen-bond donors (Lipinski definition) is 0. The van der Waals surface area contributed by atoms with E-state index in [4.69, 9.17) is 0 Å². The minimum Gasteiger partial charge on any atom is -0.0616 e. The second-order valence-electron chi connectivity index (χ2n) is 23.9. The summed E-state index contributed by atoms with van der Waals surface area (Å²) in [5, 5.41) is 26.5. The van der Waals surface area contributed by atoms with Gasteiger partial charge in [0.15, 0.2) is 0 Å². The zero-order valence-corrected chi connectivity index (χ0v) is 45.9. The number of benzene rings is 17. The lowest BCUT2D eigenvalue weighted by molar-refractivity contribution is 1.47. The van der Waals surface area contributed by atoms with Gasteiger partial charge in [0, 0.05) is 0 Å². The minimum absolute atomic E-state index is 1.26. The molecule has 2 aliphatic rings. The molecular weight excluding hydrogens is 985 g/mol. The molecular formula is C82H50. The summed E-state index contributed by atoms with van der Waals surface area (Å²) < 4.78 is 0. The first kappa shape index (κ1) is 44.7. The second-order valence-corrected chi connectivity index (χ2v) is 23.9. The summed E-state index contributed by atoms with van der Waals surface area (Å²) in [4.78, 5) is 0. The van der Waals surface area contributed by atoms with Crippen LogP contribution in [0.2, 0.25) is 0 Å². The van der Waals surface area contributed by atoms with E-state index >= 15 is 0 Å². The SMILES string of the molecule is Cc1cccc(-c2c3c(c(-c4cccc(C)c4)c4ccccc24)-c2ccc4c5c2c-3ccc5c2cccc3c2c4c2cccc4c5ccc6c7c(ccc(c75)c3c42)-c2c-6c(-c3cccc(C)c3)c3ccccc3c2-c2cccc(C)c2)c1. The van der Waals surface area contributed by atoms with E-state index in [0.717, 1.165) is 0 Å². The maximum Gasteiger partial charge on any atom is -0.000740 e. The van der Waals surface area contributed by atoms with Crippen molar-refractivity contribution in [1.82, 2.24) is 0 Å². The van der Waals surface area contributed by atoms with Crippen LogP contribution < -0.4 is 0 Å². The molecule has 0 radical (unpaired) electrons. The third-order valence-corrected chi connectivity index (χ3v) is 19.3. The van der Waals surface area contributed by atoms with Crippen molar-refractivity contribution in [2.24, 2.45) is 0 Å². The quantitative estimate of drug-likeness (QED) is 0.122. The van der Waals surface area contributed by atoms with Crippen molar-refractivity contribution in [1.29, 1.82) is 0 Å². The van der Waals surface area contributed by atoms with Crippen LogP contribution in [-0.2, 0) is 0 Å². The van der Waals surface area contributed by atoms with Crippen molar-refractivity contribution in [3.05, 3.63) is 253 Å². The molecule has 2 aliphatic carbocycles. The Balaban J connectivity index is 0.949. The normalized spacial score (nSPS) is 12.6. The molecule has 0 unspecified atom stereocenters. The van der Waals surface area contributed by atoms with Gasteiger partial charge in [0.25, 0.3) is 0 Å². The zero-order valence-electron chi connectivity index (χ0n) is 45.9. The zero-order chi connectivity index (χ0) is 54.0. The molecule has 0 fully saturated rings. The average molecular weight is 1040 g/mol. The predicted octanol–water partition coefficient (Wildman–Crippen LogP) is 23.3. The number of aryl methyl sites for hydroxylation is 4. The summed E-state index contributed by atoms with van der Waals surface area (Å²) in [6.07, 6.45) is 0. The lowest BCUT2D eigenvalue weighted by Crippen LogP contribution is -1.94. The van der Waals surface area contributed by atoms with E-state index in [1.807, 2.05) is 0 Å². The molecule has 0 nitrogen and oxygen atoms in total. The molecule has 0 heteroatoms. The van der Waals surface area contributed by atoms with Crippen molar-refractivity contribution < 1.29 is 0 Å². The molecule has 19 rings (SSSR count). The van der Waals surface area contributed by atoms with Crippen LogP contribution in [0, 0.1) is 27.7 Å². The highest BCUT2D eigenvalue weighted by Crippen LogP contribution is 2.63. The first-order chi connectivity index (χ1) is 40.4. The van der Waals surface area contributed by atoms with Crippen molar-refractivity contribution >= 4 is 108 Å². The molecule has 0 aliphatic heterocycles. The Labute approximate surface area is 474 Å². The van der Waals surface area contributed by atoms with Crippen molar-refractivity contribution in [3.8, 4) is 89.0 Å². The molecule has 17 aromatic carbocycles. The third-order valence-electron chi connectivity index (χ3n) is 19.3. The van der Waals surface area contributed by atoms with E-state index in [2.05, 4.69) is 258 Å². The van der Waals surface area contributed by atoms with Gasteiger partial charge < -0.3 is 0 Å². The molecule has 17 aromatic rings. The van der Waals surface area contributed by atoms with Crippen molar-refractivity contribution in [3.63, 3.8) is 0 Å². The Hall–Kier alpha value is -10.1. The van der Waals surface area contributed by atoms with Crippen LogP contribution >= 0.6 is 0 Å². The van der Waals surface area contributed by atoms with E-state index in [-0.39, 0.29) is 0 Å². The lowest BCUT2D eigenvalue weighted by Gasteiger charge is -2.22. The highest BCUT2D eigenvalue weighted by molar-refractivity contribution is 6.50. The molecule has 0 N–H and O–H groups in total. The first-order valence-electron chi connectivity index (χ1n) is 29.1. The first-order valence-corrected chi connectivity index (χ1v) is 29.1. The van der Waals surface area contributed by atoms with Gasteiger partial charge in [-0.2, -0.15) is 0 Å². The van der Waals surface area contributed by atoms with E-state index < -0.39 is 0 Å². The summed E-state index contributed by atoms with van der Waals surface area (Å²) in [7, 11) is 0. The van der Waals surface area contributed by atoms with Gasteiger partial charge in [0.2, 0.25) is 0 Å². The van der Waals surface area contributed by atoms with Gasteiger partial charge in [-0.3, -0.25) is 0 Å². The lowest BCUT2D eigenvalue weighted by atomic mass is 9.81. The van der Waals surface area contributed by atoms with Crippen LogP contribution in [0.25, 0.3) is 197 Å². The Bertz CT molecular complexity index is 5230. The van der Waals surface area contributed by atoms with E-state index in [9.17, 15) is 0 Å². The molecule has 0 spiro atoms. The molecule has 0 amide bonds. The summed E-state index contributed by atoms with van der Waals surface area (Å²) >= 11 is 0. The maximum absolute atomic E-state index is 2.50. The highest BCUT2D eigenvalue weighted by atomic mass is 14.4. The highest BCUT2D eigenvalue weighted by Gasteiger charge is 2.35. The van der Waals surface area contributed by atoms with Gasteiger partial charge in [-0.1, -0.05) is 253 Å². The van der Waals surface area contributed by atoms with Crippen molar-refractivity contribution in [2.45, 2.75) is 27.7 Å². The van der Waals surface area contributed by atoms with Gasteiger partial charge in [0.1, 0.15) is 0 Å². The van der Waals surface area contributed by atoms with Crippen molar-refractivity contribution in [2.75, 3.05) is 0 Å². The molecule has 0 saturated carbocycles. The van der Waals surface area contributed by atoms with Crippen LogP contribution in [0.15, 0.2) is 231 Å². The molecule has 0 heterocycles. The van der Waals surface area contributed by atoms with Crippen LogP contribution in [-0.4, -0.2) is 0 Å². The number of rotatable bonds is 4. The maximum atomic E-state index is 2.50. The summed E-state index contributed by atoms with van der Waals surface area (Å²) in [5.74, 6) is 0. The Morgan fingerprint density at radius 1 is 0.159 bits per heavy atom. The predicted molar refractivity (Wildman–Crippen MR) is 353 cm³/mol. The van der Waals surface area contributed by atoms with E-state index in [0.29, 0.717) is 0 Å².